The van der Waals surface area contributed by atoms with Gasteiger partial charge in [0, 0.05) is 25.2 Å². The molecule has 5 nitrogen and oxygen atoms in total. The molecule has 2 rings (SSSR count). The topological polar surface area (TPSA) is 65.2 Å². The molecule has 116 valence electrons. The van der Waals surface area contributed by atoms with E-state index in [2.05, 4.69) is 24.1 Å². The Morgan fingerprint density at radius 2 is 2.24 bits per heavy atom. The molecule has 2 unspecified atom stereocenters. The highest BCUT2D eigenvalue weighted by Gasteiger charge is 2.30. The van der Waals surface area contributed by atoms with Crippen molar-refractivity contribution in [1.29, 1.82) is 0 Å². The minimum atomic E-state index is -0.229. The fourth-order valence-electron chi connectivity index (χ4n) is 2.97. The van der Waals surface area contributed by atoms with Crippen molar-refractivity contribution in [1.82, 2.24) is 15.2 Å². The third-order valence-corrected chi connectivity index (χ3v) is 4.20. The predicted octanol–water partition coefficient (Wildman–Crippen LogP) is 1.62. The van der Waals surface area contributed by atoms with Crippen molar-refractivity contribution in [3.63, 3.8) is 0 Å². The molecule has 1 amide bonds. The minimum absolute atomic E-state index is 0.0694. The fraction of sp³-hybridized carbons (Fsp3) is 0.625. The SMILES string of the molecule is CCCNC1CCN(C(=O)c2cccc(=O)[nH]2)CC1CC. The quantitative estimate of drug-likeness (QED) is 0.866. The van der Waals surface area contributed by atoms with Gasteiger partial charge in [0.15, 0.2) is 0 Å². The molecule has 1 saturated heterocycles. The van der Waals surface area contributed by atoms with Crippen molar-refractivity contribution in [2.45, 2.75) is 39.2 Å². The first-order valence-electron chi connectivity index (χ1n) is 7.87. The maximum atomic E-state index is 12.5. The van der Waals surface area contributed by atoms with Gasteiger partial charge in [-0.05, 0) is 31.4 Å². The molecule has 1 fully saturated rings. The predicted molar refractivity (Wildman–Crippen MR) is 83.4 cm³/mol. The molecule has 0 aromatic carbocycles. The molecule has 0 aliphatic carbocycles. The molecular formula is C16H25N3O2. The molecule has 0 bridgehead atoms. The average molecular weight is 291 g/mol. The van der Waals surface area contributed by atoms with E-state index >= 15 is 0 Å². The summed E-state index contributed by atoms with van der Waals surface area (Å²) >= 11 is 0. The minimum Gasteiger partial charge on any atom is -0.337 e. The first-order chi connectivity index (χ1) is 10.2. The third-order valence-electron chi connectivity index (χ3n) is 4.20. The first kappa shape index (κ1) is 15.8. The number of likely N-dealkylation sites (tertiary alicyclic amines) is 1. The fourth-order valence-corrected chi connectivity index (χ4v) is 2.97. The van der Waals surface area contributed by atoms with Crippen LogP contribution in [0.25, 0.3) is 0 Å². The number of aromatic nitrogens is 1. The van der Waals surface area contributed by atoms with E-state index in [9.17, 15) is 9.59 Å². The first-order valence-corrected chi connectivity index (χ1v) is 7.87. The van der Waals surface area contributed by atoms with Crippen LogP contribution in [0.1, 0.15) is 43.6 Å². The van der Waals surface area contributed by atoms with Gasteiger partial charge in [0.1, 0.15) is 5.69 Å². The normalized spacial score (nSPS) is 22.3. The lowest BCUT2D eigenvalue weighted by Gasteiger charge is -2.38. The second-order valence-electron chi connectivity index (χ2n) is 5.70. The van der Waals surface area contributed by atoms with Crippen LogP contribution in [0.15, 0.2) is 23.0 Å². The number of rotatable bonds is 5. The summed E-state index contributed by atoms with van der Waals surface area (Å²) in [7, 11) is 0. The molecular weight excluding hydrogens is 266 g/mol. The van der Waals surface area contributed by atoms with Gasteiger partial charge >= 0.3 is 0 Å². The molecule has 0 saturated carbocycles. The van der Waals surface area contributed by atoms with Crippen LogP contribution in [0.3, 0.4) is 0 Å². The third kappa shape index (κ3) is 3.94. The van der Waals surface area contributed by atoms with Crippen LogP contribution >= 0.6 is 0 Å². The van der Waals surface area contributed by atoms with Crippen molar-refractivity contribution in [3.8, 4) is 0 Å². The van der Waals surface area contributed by atoms with Gasteiger partial charge < -0.3 is 15.2 Å². The van der Waals surface area contributed by atoms with E-state index in [1.807, 2.05) is 4.90 Å². The Hall–Kier alpha value is -1.62. The average Bonchev–Trinajstić information content (AvgIpc) is 2.52. The highest BCUT2D eigenvalue weighted by atomic mass is 16.2. The van der Waals surface area contributed by atoms with E-state index in [1.54, 1.807) is 12.1 Å². The molecule has 0 radical (unpaired) electrons. The number of piperidine rings is 1. The smallest absolute Gasteiger partial charge is 0.270 e. The summed E-state index contributed by atoms with van der Waals surface area (Å²) < 4.78 is 0. The number of aromatic amines is 1. The molecule has 2 heterocycles. The zero-order valence-corrected chi connectivity index (χ0v) is 12.9. The van der Waals surface area contributed by atoms with E-state index in [1.165, 1.54) is 6.07 Å². The summed E-state index contributed by atoms with van der Waals surface area (Å²) in [5.74, 6) is 0.407. The van der Waals surface area contributed by atoms with E-state index in [-0.39, 0.29) is 11.5 Å². The zero-order chi connectivity index (χ0) is 15.2. The summed E-state index contributed by atoms with van der Waals surface area (Å²) in [6.45, 7) is 6.87. The molecule has 1 aromatic rings. The van der Waals surface area contributed by atoms with E-state index in [0.29, 0.717) is 17.7 Å². The van der Waals surface area contributed by atoms with Gasteiger partial charge in [-0.1, -0.05) is 26.3 Å². The number of pyridine rings is 1. The summed E-state index contributed by atoms with van der Waals surface area (Å²) in [6.07, 6.45) is 3.15. The Labute approximate surface area is 125 Å². The Bertz CT molecular complexity index is 526. The standard InChI is InChI=1S/C16H25N3O2/c1-3-9-17-13-8-10-19(11-12(13)4-2)16(21)14-6-5-7-15(20)18-14/h5-7,12-13,17H,3-4,8-11H2,1-2H3,(H,18,20). The molecule has 2 N–H and O–H groups in total. The molecule has 1 aliphatic heterocycles. The summed E-state index contributed by atoms with van der Waals surface area (Å²) in [4.78, 5) is 28.3. The lowest BCUT2D eigenvalue weighted by atomic mass is 9.89. The van der Waals surface area contributed by atoms with Gasteiger partial charge in [-0.3, -0.25) is 9.59 Å². The Morgan fingerprint density at radius 3 is 2.90 bits per heavy atom. The van der Waals surface area contributed by atoms with Gasteiger partial charge in [0.05, 0.1) is 0 Å². The maximum Gasteiger partial charge on any atom is 0.270 e. The van der Waals surface area contributed by atoms with E-state index in [0.717, 1.165) is 38.9 Å². The van der Waals surface area contributed by atoms with Crippen LogP contribution in [-0.2, 0) is 0 Å². The number of hydrogen-bond acceptors (Lipinski definition) is 3. The highest BCUT2D eigenvalue weighted by molar-refractivity contribution is 5.92. The van der Waals surface area contributed by atoms with E-state index < -0.39 is 0 Å². The van der Waals surface area contributed by atoms with E-state index in [4.69, 9.17) is 0 Å². The van der Waals surface area contributed by atoms with Crippen LogP contribution in [0, 0.1) is 5.92 Å². The Morgan fingerprint density at radius 1 is 1.43 bits per heavy atom. The van der Waals surface area contributed by atoms with Crippen LogP contribution in [0.2, 0.25) is 0 Å². The lowest BCUT2D eigenvalue weighted by molar-refractivity contribution is 0.0620. The van der Waals surface area contributed by atoms with Crippen LogP contribution in [-0.4, -0.2) is 41.5 Å². The van der Waals surface area contributed by atoms with Gasteiger partial charge in [0.2, 0.25) is 5.56 Å². The number of H-pyrrole nitrogens is 1. The molecule has 5 heteroatoms. The second-order valence-corrected chi connectivity index (χ2v) is 5.70. The van der Waals surface area contributed by atoms with Crippen molar-refractivity contribution >= 4 is 5.91 Å². The molecule has 2 atom stereocenters. The largest absolute Gasteiger partial charge is 0.337 e. The number of hydrogen-bond donors (Lipinski definition) is 2. The number of nitrogens with one attached hydrogen (secondary N) is 2. The monoisotopic (exact) mass is 291 g/mol. The van der Waals surface area contributed by atoms with Crippen LogP contribution < -0.4 is 10.9 Å². The van der Waals surface area contributed by atoms with Crippen molar-refractivity contribution in [3.05, 3.63) is 34.2 Å². The molecule has 1 aromatic heterocycles. The van der Waals surface area contributed by atoms with Crippen molar-refractivity contribution in [2.24, 2.45) is 5.92 Å². The van der Waals surface area contributed by atoms with Crippen LogP contribution in [0.5, 0.6) is 0 Å². The maximum absolute atomic E-state index is 12.5. The lowest BCUT2D eigenvalue weighted by Crippen LogP contribution is -2.51. The van der Waals surface area contributed by atoms with Gasteiger partial charge in [-0.2, -0.15) is 0 Å². The zero-order valence-electron chi connectivity index (χ0n) is 12.9. The summed E-state index contributed by atoms with van der Waals surface area (Å²) in [5, 5.41) is 3.58. The van der Waals surface area contributed by atoms with Crippen molar-refractivity contribution < 1.29 is 4.79 Å². The molecule has 0 spiro atoms. The number of carbonyl (C=O) groups is 1. The number of amides is 1. The summed E-state index contributed by atoms with van der Waals surface area (Å²) in [5.41, 5.74) is 0.157. The number of nitrogens with zero attached hydrogens (tertiary/aromatic N) is 1. The Kier molecular flexibility index (Phi) is 5.56. The van der Waals surface area contributed by atoms with Gasteiger partial charge in [0.25, 0.3) is 5.91 Å². The highest BCUT2D eigenvalue weighted by Crippen LogP contribution is 2.21. The molecule has 21 heavy (non-hydrogen) atoms. The van der Waals surface area contributed by atoms with Crippen molar-refractivity contribution in [2.75, 3.05) is 19.6 Å². The summed E-state index contributed by atoms with van der Waals surface area (Å²) in [6, 6.07) is 5.21. The van der Waals surface area contributed by atoms with Crippen LogP contribution in [0.4, 0.5) is 0 Å². The molecule has 1 aliphatic rings. The van der Waals surface area contributed by atoms with Gasteiger partial charge in [-0.15, -0.1) is 0 Å². The van der Waals surface area contributed by atoms with Gasteiger partial charge in [-0.25, -0.2) is 0 Å². The Balaban J connectivity index is 2.02. The number of carbonyl (C=O) groups excluding carboxylic acids is 1. The second kappa shape index (κ2) is 7.41.